The second kappa shape index (κ2) is 4.99. The Morgan fingerprint density at radius 2 is 2.23 bits per heavy atom. The minimum atomic E-state index is -0.518. The van der Waals surface area contributed by atoms with Gasteiger partial charge in [0.2, 0.25) is 0 Å². The van der Waals surface area contributed by atoms with Crippen LogP contribution in [-0.2, 0) is 16.1 Å². The standard InChI is InChI=1S/C9H9BrNO2/c10-8-4-2-1-3-7(8)6-13-9(12)5-11/h1-5H,6,11H2. The molecular formula is C9H9BrNO2. The number of rotatable bonds is 3. The van der Waals surface area contributed by atoms with Crippen LogP contribution in [0.25, 0.3) is 0 Å². The summed E-state index contributed by atoms with van der Waals surface area (Å²) >= 11 is 3.34. The molecule has 0 atom stereocenters. The highest BCUT2D eigenvalue weighted by atomic mass is 79.9. The quantitative estimate of drug-likeness (QED) is 0.820. The first kappa shape index (κ1) is 10.2. The number of hydrogen-bond acceptors (Lipinski definition) is 3. The first-order valence-corrected chi connectivity index (χ1v) is 4.48. The van der Waals surface area contributed by atoms with Crippen molar-refractivity contribution in [2.75, 3.05) is 0 Å². The van der Waals surface area contributed by atoms with Gasteiger partial charge in [-0.15, -0.1) is 0 Å². The number of carbonyl (C=O) groups excluding carboxylic acids is 1. The summed E-state index contributed by atoms with van der Waals surface area (Å²) < 4.78 is 5.73. The SMILES string of the molecule is N[CH]C(=O)OCc1ccccc1Br. The van der Waals surface area contributed by atoms with Crippen LogP contribution in [0.3, 0.4) is 0 Å². The Kier molecular flexibility index (Phi) is 3.92. The molecule has 1 aromatic carbocycles. The molecule has 0 saturated heterocycles. The molecule has 0 saturated carbocycles. The molecule has 0 bridgehead atoms. The minimum Gasteiger partial charge on any atom is -0.460 e. The van der Waals surface area contributed by atoms with E-state index in [9.17, 15) is 4.79 Å². The second-order valence-corrected chi connectivity index (χ2v) is 3.22. The molecule has 0 unspecified atom stereocenters. The van der Waals surface area contributed by atoms with Gasteiger partial charge in [-0.25, -0.2) is 0 Å². The molecule has 0 spiro atoms. The van der Waals surface area contributed by atoms with Crippen molar-refractivity contribution < 1.29 is 9.53 Å². The summed E-state index contributed by atoms with van der Waals surface area (Å²) in [5.41, 5.74) is 5.88. The van der Waals surface area contributed by atoms with Gasteiger partial charge >= 0.3 is 5.97 Å². The van der Waals surface area contributed by atoms with E-state index in [1.165, 1.54) is 0 Å². The fourth-order valence-electron chi connectivity index (χ4n) is 0.812. The average molecular weight is 243 g/mol. The molecule has 13 heavy (non-hydrogen) atoms. The Labute approximate surface area is 85.0 Å². The molecule has 4 heteroatoms. The van der Waals surface area contributed by atoms with Crippen molar-refractivity contribution in [1.29, 1.82) is 0 Å². The lowest BCUT2D eigenvalue weighted by molar-refractivity contribution is -0.140. The third kappa shape index (κ3) is 3.16. The third-order valence-electron chi connectivity index (χ3n) is 1.46. The molecular weight excluding hydrogens is 234 g/mol. The molecule has 0 heterocycles. The molecule has 0 aliphatic carbocycles. The number of hydrogen-bond donors (Lipinski definition) is 1. The molecule has 0 amide bonds. The van der Waals surface area contributed by atoms with Gasteiger partial charge in [-0.05, 0) is 6.07 Å². The Balaban J connectivity index is 2.54. The second-order valence-electron chi connectivity index (χ2n) is 2.37. The molecule has 0 aliphatic rings. The molecule has 1 radical (unpaired) electrons. The number of benzene rings is 1. The highest BCUT2D eigenvalue weighted by Crippen LogP contribution is 2.16. The van der Waals surface area contributed by atoms with Gasteiger partial charge < -0.3 is 10.5 Å². The van der Waals surface area contributed by atoms with Crippen LogP contribution < -0.4 is 5.73 Å². The molecule has 2 N–H and O–H groups in total. The molecule has 0 aliphatic heterocycles. The summed E-state index contributed by atoms with van der Waals surface area (Å²) in [7, 11) is 0. The zero-order valence-electron chi connectivity index (χ0n) is 6.87. The van der Waals surface area contributed by atoms with Gasteiger partial charge in [0.1, 0.15) is 13.2 Å². The zero-order chi connectivity index (χ0) is 9.68. The van der Waals surface area contributed by atoms with Gasteiger partial charge in [-0.1, -0.05) is 34.1 Å². The van der Waals surface area contributed by atoms with Crippen molar-refractivity contribution in [2.24, 2.45) is 5.73 Å². The summed E-state index contributed by atoms with van der Waals surface area (Å²) in [6.45, 7) is 1.13. The van der Waals surface area contributed by atoms with Gasteiger partial charge in [0.15, 0.2) is 0 Å². The van der Waals surface area contributed by atoms with Crippen molar-refractivity contribution in [3.8, 4) is 0 Å². The Bertz CT molecular complexity index is 301. The van der Waals surface area contributed by atoms with Crippen LogP contribution in [0.5, 0.6) is 0 Å². The van der Waals surface area contributed by atoms with Crippen LogP contribution in [0.2, 0.25) is 0 Å². The maximum absolute atomic E-state index is 10.7. The fraction of sp³-hybridized carbons (Fsp3) is 0.111. The lowest BCUT2D eigenvalue weighted by Crippen LogP contribution is -2.10. The highest BCUT2D eigenvalue weighted by Gasteiger charge is 2.02. The fourth-order valence-corrected chi connectivity index (χ4v) is 1.21. The Hall–Kier alpha value is -0.870. The number of carbonyl (C=O) groups is 1. The van der Waals surface area contributed by atoms with E-state index in [1.54, 1.807) is 0 Å². The van der Waals surface area contributed by atoms with Gasteiger partial charge in [-0.2, -0.15) is 0 Å². The van der Waals surface area contributed by atoms with E-state index in [4.69, 9.17) is 10.5 Å². The van der Waals surface area contributed by atoms with E-state index >= 15 is 0 Å². The lowest BCUT2D eigenvalue weighted by atomic mass is 10.2. The van der Waals surface area contributed by atoms with Crippen LogP contribution in [0, 0.1) is 6.54 Å². The maximum atomic E-state index is 10.7. The van der Waals surface area contributed by atoms with E-state index < -0.39 is 5.97 Å². The maximum Gasteiger partial charge on any atom is 0.325 e. The Morgan fingerprint density at radius 3 is 2.85 bits per heavy atom. The van der Waals surface area contributed by atoms with Gasteiger partial charge in [0.25, 0.3) is 0 Å². The number of nitrogens with two attached hydrogens (primary N) is 1. The predicted octanol–water partition coefficient (Wildman–Crippen LogP) is 1.61. The van der Waals surface area contributed by atoms with Crippen LogP contribution >= 0.6 is 15.9 Å². The van der Waals surface area contributed by atoms with Crippen LogP contribution in [0.4, 0.5) is 0 Å². The van der Waals surface area contributed by atoms with Crippen molar-refractivity contribution in [2.45, 2.75) is 6.61 Å². The van der Waals surface area contributed by atoms with E-state index in [0.29, 0.717) is 0 Å². The summed E-state index contributed by atoms with van der Waals surface area (Å²) in [6.07, 6.45) is 0. The van der Waals surface area contributed by atoms with Gasteiger partial charge in [-0.3, -0.25) is 4.79 Å². The summed E-state index contributed by atoms with van der Waals surface area (Å²) in [4.78, 5) is 10.7. The van der Waals surface area contributed by atoms with E-state index in [0.717, 1.165) is 16.6 Å². The lowest BCUT2D eigenvalue weighted by Gasteiger charge is -2.04. The van der Waals surface area contributed by atoms with Crippen molar-refractivity contribution in [3.05, 3.63) is 40.8 Å². The van der Waals surface area contributed by atoms with Crippen LogP contribution in [0.15, 0.2) is 28.7 Å². The molecule has 1 aromatic rings. The van der Waals surface area contributed by atoms with E-state index in [-0.39, 0.29) is 6.61 Å². The molecule has 3 nitrogen and oxygen atoms in total. The van der Waals surface area contributed by atoms with E-state index in [2.05, 4.69) is 15.9 Å². The van der Waals surface area contributed by atoms with Crippen molar-refractivity contribution in [1.82, 2.24) is 0 Å². The van der Waals surface area contributed by atoms with Crippen LogP contribution in [0.1, 0.15) is 5.56 Å². The predicted molar refractivity (Wildman–Crippen MR) is 52.4 cm³/mol. The average Bonchev–Trinajstić information content (AvgIpc) is 2.16. The van der Waals surface area contributed by atoms with Crippen molar-refractivity contribution in [3.63, 3.8) is 0 Å². The monoisotopic (exact) mass is 242 g/mol. The van der Waals surface area contributed by atoms with E-state index in [1.807, 2.05) is 24.3 Å². The van der Waals surface area contributed by atoms with Crippen molar-refractivity contribution >= 4 is 21.9 Å². The smallest absolute Gasteiger partial charge is 0.325 e. The highest BCUT2D eigenvalue weighted by molar-refractivity contribution is 9.10. The number of halogens is 1. The normalized spacial score (nSPS) is 9.69. The molecule has 0 fully saturated rings. The summed E-state index contributed by atoms with van der Waals surface area (Å²) in [6, 6.07) is 7.52. The Morgan fingerprint density at radius 1 is 1.54 bits per heavy atom. The number of esters is 1. The first-order chi connectivity index (χ1) is 6.24. The largest absolute Gasteiger partial charge is 0.460 e. The minimum absolute atomic E-state index is 0.230. The topological polar surface area (TPSA) is 52.3 Å². The zero-order valence-corrected chi connectivity index (χ0v) is 8.45. The van der Waals surface area contributed by atoms with Crippen LogP contribution in [-0.4, -0.2) is 5.97 Å². The summed E-state index contributed by atoms with van der Waals surface area (Å²) in [5.74, 6) is -0.518. The third-order valence-corrected chi connectivity index (χ3v) is 2.24. The summed E-state index contributed by atoms with van der Waals surface area (Å²) in [5, 5.41) is 0. The van der Waals surface area contributed by atoms with Gasteiger partial charge in [0.05, 0.1) is 0 Å². The molecule has 1 rings (SSSR count). The first-order valence-electron chi connectivity index (χ1n) is 3.69. The van der Waals surface area contributed by atoms with Gasteiger partial charge in [0, 0.05) is 10.0 Å². The molecule has 0 aromatic heterocycles. The molecule has 69 valence electrons. The number of ether oxygens (including phenoxy) is 1.